The van der Waals surface area contributed by atoms with Crippen LogP contribution < -0.4 is 5.32 Å². The molecule has 1 fully saturated rings. The van der Waals surface area contributed by atoms with Gasteiger partial charge in [0.2, 0.25) is 0 Å². The summed E-state index contributed by atoms with van der Waals surface area (Å²) in [5, 5.41) is 11.6. The maximum atomic E-state index is 11.0. The lowest BCUT2D eigenvalue weighted by atomic mass is 10.0. The lowest BCUT2D eigenvalue weighted by Gasteiger charge is -2.18. The number of aromatic nitrogens is 3. The number of pyridine rings is 1. The molecule has 0 aromatic carbocycles. The van der Waals surface area contributed by atoms with Crippen molar-refractivity contribution in [1.82, 2.24) is 19.9 Å². The van der Waals surface area contributed by atoms with Crippen LogP contribution in [0.4, 0.5) is 4.79 Å². The summed E-state index contributed by atoms with van der Waals surface area (Å²) in [7, 11) is 0. The molecule has 0 spiro atoms. The molecule has 2 N–H and O–H groups in total. The van der Waals surface area contributed by atoms with E-state index in [1.807, 2.05) is 23.9 Å². The molecule has 6 heteroatoms. The van der Waals surface area contributed by atoms with Gasteiger partial charge in [0.05, 0.1) is 24.6 Å². The minimum Gasteiger partial charge on any atom is -0.465 e. The minimum absolute atomic E-state index is 0.190. The van der Waals surface area contributed by atoms with Gasteiger partial charge in [-0.05, 0) is 36.8 Å². The highest BCUT2D eigenvalue weighted by Gasteiger charge is 2.35. The van der Waals surface area contributed by atoms with Crippen LogP contribution in [0.2, 0.25) is 0 Å². The number of amides is 1. The third-order valence-corrected chi connectivity index (χ3v) is 3.77. The third kappa shape index (κ3) is 3.21. The molecule has 1 unspecified atom stereocenters. The maximum absolute atomic E-state index is 11.0. The highest BCUT2D eigenvalue weighted by molar-refractivity contribution is 5.65. The number of imidazole rings is 1. The second-order valence-corrected chi connectivity index (χ2v) is 5.55. The van der Waals surface area contributed by atoms with Gasteiger partial charge in [-0.15, -0.1) is 0 Å². The number of carbonyl (C=O) groups is 1. The number of hydrogen-bond donors (Lipinski definition) is 2. The Morgan fingerprint density at radius 1 is 1.57 bits per heavy atom. The fraction of sp³-hybridized carbons (Fsp3) is 0.400. The highest BCUT2D eigenvalue weighted by Crippen LogP contribution is 2.41. The van der Waals surface area contributed by atoms with Gasteiger partial charge in [-0.1, -0.05) is 6.07 Å². The minimum atomic E-state index is -0.990. The highest BCUT2D eigenvalue weighted by atomic mass is 16.4. The summed E-state index contributed by atoms with van der Waals surface area (Å²) in [6, 6.07) is 1.88. The van der Waals surface area contributed by atoms with Crippen LogP contribution in [0.5, 0.6) is 0 Å². The predicted molar refractivity (Wildman–Crippen MR) is 76.9 cm³/mol. The van der Waals surface area contributed by atoms with Crippen LogP contribution in [0.15, 0.2) is 31.0 Å². The van der Waals surface area contributed by atoms with Crippen molar-refractivity contribution < 1.29 is 9.90 Å². The molecule has 6 nitrogen and oxygen atoms in total. The van der Waals surface area contributed by atoms with Gasteiger partial charge in [-0.3, -0.25) is 4.98 Å². The fourth-order valence-electron chi connectivity index (χ4n) is 2.62. The van der Waals surface area contributed by atoms with Crippen molar-refractivity contribution in [2.24, 2.45) is 5.92 Å². The first-order chi connectivity index (χ1) is 10.1. The Hall–Kier alpha value is -2.37. The molecule has 2 aromatic rings. The zero-order valence-electron chi connectivity index (χ0n) is 11.9. The van der Waals surface area contributed by atoms with Gasteiger partial charge in [0.15, 0.2) is 0 Å². The topological polar surface area (TPSA) is 80.0 Å². The van der Waals surface area contributed by atoms with Crippen molar-refractivity contribution in [3.05, 3.63) is 47.8 Å². The summed E-state index contributed by atoms with van der Waals surface area (Å²) in [5.41, 5.74) is 2.95. The number of carboxylic acid groups (broad SMARTS) is 1. The second-order valence-electron chi connectivity index (χ2n) is 5.55. The standard InChI is InChI=1S/C15H18N4O2/c1-10-6-11(8-19-5-4-16-9-19)7-17-13(10)14(12-2-3-12)18-15(20)21/h4-7,9,12,14,18H,2-3,8H2,1H3,(H,20,21). The quantitative estimate of drug-likeness (QED) is 0.884. The van der Waals surface area contributed by atoms with Crippen LogP contribution in [-0.4, -0.2) is 25.7 Å². The largest absolute Gasteiger partial charge is 0.465 e. The molecular weight excluding hydrogens is 268 g/mol. The lowest BCUT2D eigenvalue weighted by Crippen LogP contribution is -2.29. The van der Waals surface area contributed by atoms with Crippen molar-refractivity contribution in [3.8, 4) is 0 Å². The summed E-state index contributed by atoms with van der Waals surface area (Å²) in [5.74, 6) is 0.381. The smallest absolute Gasteiger partial charge is 0.405 e. The van der Waals surface area contributed by atoms with Crippen LogP contribution in [0.25, 0.3) is 0 Å². The molecule has 0 saturated heterocycles. The second kappa shape index (κ2) is 5.55. The van der Waals surface area contributed by atoms with Crippen molar-refractivity contribution in [2.45, 2.75) is 32.4 Å². The lowest BCUT2D eigenvalue weighted by molar-refractivity contribution is 0.188. The molecule has 0 bridgehead atoms. The number of nitrogens with zero attached hydrogens (tertiary/aromatic N) is 3. The summed E-state index contributed by atoms with van der Waals surface area (Å²) in [6.07, 6.45) is 8.36. The SMILES string of the molecule is Cc1cc(Cn2ccnc2)cnc1C(NC(=O)O)C1CC1. The Bertz CT molecular complexity index is 635. The molecule has 1 aliphatic carbocycles. The summed E-state index contributed by atoms with van der Waals surface area (Å²) < 4.78 is 1.98. The Balaban J connectivity index is 1.81. The average molecular weight is 286 g/mol. The summed E-state index contributed by atoms with van der Waals surface area (Å²) >= 11 is 0. The maximum Gasteiger partial charge on any atom is 0.405 e. The molecule has 1 saturated carbocycles. The predicted octanol–water partition coefficient (Wildman–Crippen LogP) is 2.35. The van der Waals surface area contributed by atoms with Gasteiger partial charge in [-0.25, -0.2) is 9.78 Å². The van der Waals surface area contributed by atoms with E-state index in [2.05, 4.69) is 21.4 Å². The number of rotatable bonds is 5. The van der Waals surface area contributed by atoms with E-state index in [-0.39, 0.29) is 6.04 Å². The Morgan fingerprint density at radius 3 is 2.95 bits per heavy atom. The van der Waals surface area contributed by atoms with Gasteiger partial charge in [0.1, 0.15) is 0 Å². The molecule has 1 atom stereocenters. The zero-order chi connectivity index (χ0) is 14.8. The molecule has 2 heterocycles. The van der Waals surface area contributed by atoms with E-state index >= 15 is 0 Å². The molecule has 2 aromatic heterocycles. The monoisotopic (exact) mass is 286 g/mol. The first-order valence-electron chi connectivity index (χ1n) is 7.04. The molecule has 1 aliphatic rings. The molecule has 1 amide bonds. The van der Waals surface area contributed by atoms with E-state index in [0.29, 0.717) is 12.5 Å². The van der Waals surface area contributed by atoms with E-state index in [9.17, 15) is 4.79 Å². The summed E-state index contributed by atoms with van der Waals surface area (Å²) in [6.45, 7) is 2.70. The van der Waals surface area contributed by atoms with E-state index in [0.717, 1.165) is 29.7 Å². The molecule has 0 aliphatic heterocycles. The Labute approximate surface area is 122 Å². The van der Waals surface area contributed by atoms with E-state index < -0.39 is 6.09 Å². The van der Waals surface area contributed by atoms with Crippen LogP contribution in [0.3, 0.4) is 0 Å². The van der Waals surface area contributed by atoms with E-state index in [4.69, 9.17) is 5.11 Å². The van der Waals surface area contributed by atoms with Gasteiger partial charge in [0, 0.05) is 18.6 Å². The third-order valence-electron chi connectivity index (χ3n) is 3.77. The molecule has 110 valence electrons. The summed E-state index contributed by atoms with van der Waals surface area (Å²) in [4.78, 5) is 19.5. The normalized spacial score (nSPS) is 15.7. The van der Waals surface area contributed by atoms with E-state index in [1.54, 1.807) is 12.5 Å². The Morgan fingerprint density at radius 2 is 2.38 bits per heavy atom. The van der Waals surface area contributed by atoms with E-state index in [1.165, 1.54) is 0 Å². The molecule has 0 radical (unpaired) electrons. The number of nitrogens with one attached hydrogen (secondary N) is 1. The van der Waals surface area contributed by atoms with Gasteiger partial charge in [0.25, 0.3) is 0 Å². The van der Waals surface area contributed by atoms with Gasteiger partial charge in [-0.2, -0.15) is 0 Å². The van der Waals surface area contributed by atoms with Crippen LogP contribution in [-0.2, 0) is 6.54 Å². The first kappa shape index (κ1) is 13.6. The number of hydrogen-bond acceptors (Lipinski definition) is 3. The Kier molecular flexibility index (Phi) is 3.60. The zero-order valence-corrected chi connectivity index (χ0v) is 11.9. The van der Waals surface area contributed by atoms with Gasteiger partial charge >= 0.3 is 6.09 Å². The average Bonchev–Trinajstić information content (AvgIpc) is 3.15. The molecular formula is C15H18N4O2. The van der Waals surface area contributed by atoms with Crippen molar-refractivity contribution in [3.63, 3.8) is 0 Å². The molecule has 3 rings (SSSR count). The van der Waals surface area contributed by atoms with Crippen LogP contribution in [0.1, 0.15) is 35.7 Å². The fourth-order valence-corrected chi connectivity index (χ4v) is 2.62. The van der Waals surface area contributed by atoms with Crippen LogP contribution >= 0.6 is 0 Å². The van der Waals surface area contributed by atoms with Crippen molar-refractivity contribution in [2.75, 3.05) is 0 Å². The van der Waals surface area contributed by atoms with Crippen molar-refractivity contribution >= 4 is 6.09 Å². The first-order valence-corrected chi connectivity index (χ1v) is 7.04. The molecule has 21 heavy (non-hydrogen) atoms. The number of aryl methyl sites for hydroxylation is 1. The van der Waals surface area contributed by atoms with Crippen molar-refractivity contribution in [1.29, 1.82) is 0 Å². The van der Waals surface area contributed by atoms with Gasteiger partial charge < -0.3 is 15.0 Å². The van der Waals surface area contributed by atoms with Crippen LogP contribution in [0, 0.1) is 12.8 Å².